The first-order valence-electron chi connectivity index (χ1n) is 16.6. The Hall–Kier alpha value is -4.82. The van der Waals surface area contributed by atoms with E-state index >= 15 is 0 Å². The molecule has 2 aromatic heterocycles. The van der Waals surface area contributed by atoms with Crippen molar-refractivity contribution in [2.45, 2.75) is 39.3 Å². The number of aliphatic imine (C=N–C) groups is 1. The minimum atomic E-state index is -0.336. The van der Waals surface area contributed by atoms with Crippen molar-refractivity contribution in [2.75, 3.05) is 77.6 Å². The van der Waals surface area contributed by atoms with Crippen LogP contribution in [0.3, 0.4) is 0 Å². The summed E-state index contributed by atoms with van der Waals surface area (Å²) in [5, 5.41) is 7.63. The molecule has 1 saturated heterocycles. The predicted molar refractivity (Wildman–Crippen MR) is 189 cm³/mol. The number of nitrogens with one attached hydrogen (secondary N) is 2. The standard InChI is InChI=1S/C34H47N11O3/c1-4-5-6-12-38-33-32-28(39-34(35)40-33)11-14-44(32)23-26-8-7-25(20-29(26)48-3)22-43-18-16-42(17-19-43)15-13-37-21-27(41-36-2)24-45-30(46)9-10-31(45)47/h7-11,14,20-21,36H,4-6,12-13,15-19,22-24H2,1-3H3,(H3,35,38,39,40). The van der Waals surface area contributed by atoms with Crippen LogP contribution in [-0.2, 0) is 22.7 Å². The van der Waals surface area contributed by atoms with Gasteiger partial charge in [0.15, 0.2) is 5.82 Å². The molecule has 48 heavy (non-hydrogen) atoms. The van der Waals surface area contributed by atoms with Gasteiger partial charge in [0.05, 0.1) is 38.0 Å². The summed E-state index contributed by atoms with van der Waals surface area (Å²) in [7, 11) is 3.39. The van der Waals surface area contributed by atoms with E-state index in [0.29, 0.717) is 18.8 Å². The number of nitrogen functional groups attached to an aromatic ring is 1. The lowest BCUT2D eigenvalue weighted by Gasteiger charge is -2.34. The monoisotopic (exact) mass is 657 g/mol. The van der Waals surface area contributed by atoms with Crippen molar-refractivity contribution in [3.05, 3.63) is 53.7 Å². The van der Waals surface area contributed by atoms with Crippen LogP contribution in [0, 0.1) is 0 Å². The zero-order valence-corrected chi connectivity index (χ0v) is 28.2. The maximum absolute atomic E-state index is 11.9. The zero-order valence-electron chi connectivity index (χ0n) is 28.2. The van der Waals surface area contributed by atoms with Crippen LogP contribution in [0.1, 0.15) is 37.3 Å². The van der Waals surface area contributed by atoms with Crippen LogP contribution >= 0.6 is 0 Å². The Balaban J connectivity index is 1.12. The van der Waals surface area contributed by atoms with Gasteiger partial charge in [-0.2, -0.15) is 10.1 Å². The number of carbonyl (C=O) groups is 2. The molecule has 0 radical (unpaired) electrons. The molecule has 1 fully saturated rings. The largest absolute Gasteiger partial charge is 0.496 e. The Kier molecular flexibility index (Phi) is 12.1. The average Bonchev–Trinajstić information content (AvgIpc) is 3.63. The molecule has 0 atom stereocenters. The van der Waals surface area contributed by atoms with Crippen molar-refractivity contribution in [3.63, 3.8) is 0 Å². The summed E-state index contributed by atoms with van der Waals surface area (Å²) in [5.41, 5.74) is 13.3. The number of methoxy groups -OCH3 is 1. The van der Waals surface area contributed by atoms with Gasteiger partial charge >= 0.3 is 0 Å². The fourth-order valence-corrected chi connectivity index (χ4v) is 5.96. The highest BCUT2D eigenvalue weighted by Crippen LogP contribution is 2.27. The summed E-state index contributed by atoms with van der Waals surface area (Å²) in [6.45, 7) is 9.83. The van der Waals surface area contributed by atoms with Crippen molar-refractivity contribution >= 4 is 46.5 Å². The number of nitrogens with zero attached hydrogens (tertiary/aromatic N) is 8. The van der Waals surface area contributed by atoms with Crippen LogP contribution in [0.2, 0.25) is 0 Å². The molecule has 0 aliphatic carbocycles. The minimum absolute atomic E-state index is 0.0881. The van der Waals surface area contributed by atoms with E-state index in [9.17, 15) is 9.59 Å². The van der Waals surface area contributed by atoms with E-state index in [2.05, 4.69) is 70.3 Å². The first-order chi connectivity index (χ1) is 23.4. The van der Waals surface area contributed by atoms with Gasteiger partial charge in [-0.15, -0.1) is 0 Å². The number of aromatic nitrogens is 3. The normalized spacial score (nSPS) is 16.1. The van der Waals surface area contributed by atoms with Gasteiger partial charge in [0.1, 0.15) is 11.3 Å². The number of piperazine rings is 1. The van der Waals surface area contributed by atoms with Gasteiger partial charge in [0, 0.05) is 83.0 Å². The van der Waals surface area contributed by atoms with E-state index in [1.54, 1.807) is 20.4 Å². The Morgan fingerprint density at radius 2 is 1.81 bits per heavy atom. The van der Waals surface area contributed by atoms with Gasteiger partial charge in [-0.3, -0.25) is 29.3 Å². The predicted octanol–water partition coefficient (Wildman–Crippen LogP) is 2.36. The maximum atomic E-state index is 11.9. The number of rotatable bonds is 17. The van der Waals surface area contributed by atoms with E-state index < -0.39 is 0 Å². The van der Waals surface area contributed by atoms with Gasteiger partial charge in [0.25, 0.3) is 11.8 Å². The van der Waals surface area contributed by atoms with Gasteiger partial charge in [-0.25, -0.2) is 4.98 Å². The molecule has 2 aliphatic rings. The summed E-state index contributed by atoms with van der Waals surface area (Å²) >= 11 is 0. The smallest absolute Gasteiger partial charge is 0.253 e. The van der Waals surface area contributed by atoms with Gasteiger partial charge in [-0.05, 0) is 24.1 Å². The quantitative estimate of drug-likeness (QED) is 0.0852. The van der Waals surface area contributed by atoms with Crippen LogP contribution in [0.15, 0.2) is 52.7 Å². The number of hydrogen-bond donors (Lipinski definition) is 3. The zero-order chi connectivity index (χ0) is 33.9. The van der Waals surface area contributed by atoms with Crippen LogP contribution in [0.4, 0.5) is 11.8 Å². The molecule has 2 amide bonds. The van der Waals surface area contributed by atoms with Crippen LogP contribution in [-0.4, -0.2) is 119 Å². The molecule has 4 N–H and O–H groups in total. The molecule has 2 aliphatic heterocycles. The number of carbonyl (C=O) groups excluding carboxylic acids is 2. The molecule has 14 nitrogen and oxygen atoms in total. The highest BCUT2D eigenvalue weighted by atomic mass is 16.5. The lowest BCUT2D eigenvalue weighted by Crippen LogP contribution is -2.46. The Labute approximate surface area is 281 Å². The minimum Gasteiger partial charge on any atom is -0.496 e. The van der Waals surface area contributed by atoms with E-state index in [-0.39, 0.29) is 24.3 Å². The van der Waals surface area contributed by atoms with E-state index in [1.807, 2.05) is 12.3 Å². The number of fused-ring (bicyclic) bond motifs is 1. The van der Waals surface area contributed by atoms with E-state index in [1.165, 1.54) is 17.7 Å². The highest BCUT2D eigenvalue weighted by Gasteiger charge is 2.24. The topological polar surface area (TPSA) is 159 Å². The Morgan fingerprint density at radius 3 is 2.54 bits per heavy atom. The van der Waals surface area contributed by atoms with Crippen LogP contribution < -0.4 is 21.2 Å². The molecule has 5 rings (SSSR count). The Bertz CT molecular complexity index is 1640. The number of anilines is 2. The number of imide groups is 1. The van der Waals surface area contributed by atoms with Gasteiger partial charge in [0.2, 0.25) is 5.95 Å². The second kappa shape index (κ2) is 16.8. The first-order valence-corrected chi connectivity index (χ1v) is 16.6. The SMILES string of the molecule is CCCCCNc1nc(N)nc2ccn(Cc3ccc(CN4CCN(CCN=CC(CN5C(=O)C=CC5=O)=NNC)CC4)cc3OC)c12. The van der Waals surface area contributed by atoms with E-state index in [0.717, 1.165) is 98.1 Å². The molecule has 1 aromatic carbocycles. The molecule has 0 bridgehead atoms. The van der Waals surface area contributed by atoms with E-state index in [4.69, 9.17) is 10.5 Å². The number of hydrogen-bond acceptors (Lipinski definition) is 12. The fraction of sp³-hybridized carbons (Fsp3) is 0.471. The molecular weight excluding hydrogens is 610 g/mol. The number of hydrazone groups is 1. The summed E-state index contributed by atoms with van der Waals surface area (Å²) < 4.78 is 8.01. The summed E-state index contributed by atoms with van der Waals surface area (Å²) in [6.07, 6.45) is 9.59. The van der Waals surface area contributed by atoms with Crippen molar-refractivity contribution in [1.29, 1.82) is 0 Å². The summed E-state index contributed by atoms with van der Waals surface area (Å²) in [4.78, 5) is 43.2. The lowest BCUT2D eigenvalue weighted by molar-refractivity contribution is -0.135. The van der Waals surface area contributed by atoms with Crippen molar-refractivity contribution < 1.29 is 14.3 Å². The van der Waals surface area contributed by atoms with Crippen LogP contribution in [0.5, 0.6) is 5.75 Å². The number of ether oxygens (including phenoxy) is 1. The number of unbranched alkanes of at least 4 members (excludes halogenated alkanes) is 2. The fourth-order valence-electron chi connectivity index (χ4n) is 5.96. The lowest BCUT2D eigenvalue weighted by atomic mass is 10.1. The molecule has 0 spiro atoms. The number of amides is 2. The third kappa shape index (κ3) is 8.95. The first kappa shape index (κ1) is 34.5. The van der Waals surface area contributed by atoms with Gasteiger partial charge < -0.3 is 25.8 Å². The number of nitrogens with two attached hydrogens (primary N) is 1. The van der Waals surface area contributed by atoms with Crippen LogP contribution in [0.25, 0.3) is 11.0 Å². The molecule has 14 heteroatoms. The molecular formula is C34H47N11O3. The number of benzene rings is 1. The van der Waals surface area contributed by atoms with Crippen molar-refractivity contribution in [1.82, 2.24) is 34.7 Å². The highest BCUT2D eigenvalue weighted by molar-refractivity contribution is 6.33. The third-order valence-corrected chi connectivity index (χ3v) is 8.53. The summed E-state index contributed by atoms with van der Waals surface area (Å²) in [5.74, 6) is 1.21. The van der Waals surface area contributed by atoms with Gasteiger partial charge in [-0.1, -0.05) is 31.9 Å². The molecule has 4 heterocycles. The third-order valence-electron chi connectivity index (χ3n) is 8.53. The second-order valence-electron chi connectivity index (χ2n) is 12.0. The average molecular weight is 658 g/mol. The molecule has 256 valence electrons. The maximum Gasteiger partial charge on any atom is 0.253 e. The second-order valence-corrected chi connectivity index (χ2v) is 12.0. The molecule has 3 aromatic rings. The molecule has 0 unspecified atom stereocenters. The summed E-state index contributed by atoms with van der Waals surface area (Å²) in [6, 6.07) is 8.46. The Morgan fingerprint density at radius 1 is 1.04 bits per heavy atom. The van der Waals surface area contributed by atoms with Crippen molar-refractivity contribution in [3.8, 4) is 5.75 Å². The van der Waals surface area contributed by atoms with Crippen molar-refractivity contribution in [2.24, 2.45) is 10.1 Å². The molecule has 0 saturated carbocycles.